The number of halogens is 1. The zero-order chi connectivity index (χ0) is 25.2. The minimum atomic E-state index is -0.760. The number of aromatic nitrogens is 1. The number of thiazole rings is 1. The molecule has 0 bridgehead atoms. The Morgan fingerprint density at radius 3 is 2.67 bits per heavy atom. The number of hydrogen-bond donors (Lipinski definition) is 0. The van der Waals surface area contributed by atoms with Crippen LogP contribution in [0.1, 0.15) is 29.9 Å². The maximum absolute atomic E-state index is 13.8. The predicted octanol–water partition coefficient (Wildman–Crippen LogP) is 4.14. The summed E-state index contributed by atoms with van der Waals surface area (Å²) in [5.41, 5.74) is 1.96. The van der Waals surface area contributed by atoms with Crippen LogP contribution in [-0.2, 0) is 9.53 Å². The summed E-state index contributed by atoms with van der Waals surface area (Å²) in [6.45, 7) is 1.94. The Morgan fingerprint density at radius 2 is 1.97 bits per heavy atom. The van der Waals surface area contributed by atoms with E-state index in [-0.39, 0.29) is 12.2 Å². The van der Waals surface area contributed by atoms with Crippen LogP contribution >= 0.6 is 33.9 Å². The van der Waals surface area contributed by atoms with Crippen molar-refractivity contribution in [2.45, 2.75) is 13.0 Å². The second kappa shape index (κ2) is 10.3. The lowest BCUT2D eigenvalue weighted by atomic mass is 9.93. The van der Waals surface area contributed by atoms with E-state index in [4.69, 9.17) is 18.9 Å². The SMILES string of the molecule is CCOC(=O)C1=C(c2ccccc2)N=c2sc(=Cc3ccc(I)o3)c(=O)n2C1c1cccc(OC)c1. The summed E-state index contributed by atoms with van der Waals surface area (Å²) in [6.07, 6.45) is 1.70. The number of esters is 1. The summed E-state index contributed by atoms with van der Waals surface area (Å²) < 4.78 is 19.3. The van der Waals surface area contributed by atoms with Gasteiger partial charge in [0.1, 0.15) is 11.5 Å². The maximum atomic E-state index is 13.8. The van der Waals surface area contributed by atoms with Crippen molar-refractivity contribution in [2.24, 2.45) is 4.99 Å². The number of benzene rings is 2. The minimum absolute atomic E-state index is 0.191. The van der Waals surface area contributed by atoms with Crippen molar-refractivity contribution in [3.63, 3.8) is 0 Å². The van der Waals surface area contributed by atoms with Gasteiger partial charge in [-0.05, 0) is 59.3 Å². The number of hydrogen-bond acceptors (Lipinski definition) is 7. The highest BCUT2D eigenvalue weighted by molar-refractivity contribution is 14.1. The van der Waals surface area contributed by atoms with Crippen LogP contribution in [-0.4, -0.2) is 24.3 Å². The molecule has 0 aliphatic carbocycles. The standard InChI is InChI=1S/C27H21IN2O5S/c1-3-34-26(32)22-23(16-8-5-4-6-9-16)29-27-30(24(22)17-10-7-11-18(14-17)33-2)25(31)20(36-27)15-19-12-13-21(28)35-19/h4-15,24H,3H2,1-2H3. The molecule has 0 fully saturated rings. The molecule has 0 amide bonds. The first-order valence-electron chi connectivity index (χ1n) is 11.2. The summed E-state index contributed by atoms with van der Waals surface area (Å²) in [4.78, 5) is 32.5. The Balaban J connectivity index is 1.84. The molecule has 3 heterocycles. The summed E-state index contributed by atoms with van der Waals surface area (Å²) in [6, 6.07) is 19.7. The molecule has 36 heavy (non-hydrogen) atoms. The van der Waals surface area contributed by atoms with Gasteiger partial charge < -0.3 is 13.9 Å². The van der Waals surface area contributed by atoms with E-state index in [0.717, 1.165) is 9.33 Å². The Labute approximate surface area is 224 Å². The van der Waals surface area contributed by atoms with Gasteiger partial charge in [-0.3, -0.25) is 9.36 Å². The van der Waals surface area contributed by atoms with Gasteiger partial charge in [-0.2, -0.15) is 0 Å². The molecule has 7 nitrogen and oxygen atoms in total. The molecule has 5 rings (SSSR count). The van der Waals surface area contributed by atoms with Gasteiger partial charge in [0.15, 0.2) is 8.57 Å². The first-order chi connectivity index (χ1) is 17.5. The van der Waals surface area contributed by atoms with Crippen LogP contribution in [0.5, 0.6) is 5.75 Å². The van der Waals surface area contributed by atoms with E-state index < -0.39 is 12.0 Å². The number of carbonyl (C=O) groups excluding carboxylic acids is 1. The average Bonchev–Trinajstić information content (AvgIpc) is 3.45. The van der Waals surface area contributed by atoms with Crippen molar-refractivity contribution < 1.29 is 18.7 Å². The third-order valence-corrected chi connectivity index (χ3v) is 7.21. The molecule has 4 aromatic rings. The normalized spacial score (nSPS) is 15.4. The molecule has 1 aliphatic heterocycles. The lowest BCUT2D eigenvalue weighted by Gasteiger charge is -2.26. The molecule has 1 aliphatic rings. The number of rotatable bonds is 6. The van der Waals surface area contributed by atoms with E-state index >= 15 is 0 Å². The molecule has 1 unspecified atom stereocenters. The number of nitrogens with zero attached hydrogens (tertiary/aromatic N) is 2. The van der Waals surface area contributed by atoms with Gasteiger partial charge >= 0.3 is 5.97 Å². The largest absolute Gasteiger partial charge is 0.497 e. The lowest BCUT2D eigenvalue weighted by molar-refractivity contribution is -0.138. The number of furan rings is 1. The van der Waals surface area contributed by atoms with Crippen molar-refractivity contribution in [3.8, 4) is 5.75 Å². The van der Waals surface area contributed by atoms with E-state index in [1.54, 1.807) is 30.7 Å². The molecule has 0 N–H and O–H groups in total. The molecule has 0 radical (unpaired) electrons. The molecule has 182 valence electrons. The lowest BCUT2D eigenvalue weighted by Crippen LogP contribution is -2.40. The van der Waals surface area contributed by atoms with Gasteiger partial charge in [0.05, 0.1) is 35.6 Å². The topological polar surface area (TPSA) is 83.0 Å². The van der Waals surface area contributed by atoms with Crippen LogP contribution in [0.2, 0.25) is 0 Å². The Bertz CT molecular complexity index is 1650. The third kappa shape index (κ3) is 4.56. The highest BCUT2D eigenvalue weighted by Crippen LogP contribution is 2.36. The van der Waals surface area contributed by atoms with Crippen LogP contribution in [0.3, 0.4) is 0 Å². The summed E-state index contributed by atoms with van der Waals surface area (Å²) in [5, 5.41) is 0. The maximum Gasteiger partial charge on any atom is 0.338 e. The molecular formula is C27H21IN2O5S. The second-order valence-electron chi connectivity index (χ2n) is 7.85. The molecule has 0 saturated carbocycles. The predicted molar refractivity (Wildman–Crippen MR) is 145 cm³/mol. The van der Waals surface area contributed by atoms with Crippen molar-refractivity contribution in [1.29, 1.82) is 0 Å². The molecular weight excluding hydrogens is 591 g/mol. The zero-order valence-electron chi connectivity index (χ0n) is 19.4. The second-order valence-corrected chi connectivity index (χ2v) is 9.92. The van der Waals surface area contributed by atoms with E-state index in [2.05, 4.69) is 22.6 Å². The highest BCUT2D eigenvalue weighted by atomic mass is 127. The van der Waals surface area contributed by atoms with E-state index in [9.17, 15) is 9.59 Å². The summed E-state index contributed by atoms with van der Waals surface area (Å²) in [5.74, 6) is 0.652. The van der Waals surface area contributed by atoms with Crippen LogP contribution in [0.25, 0.3) is 11.8 Å². The Morgan fingerprint density at radius 1 is 1.17 bits per heavy atom. The number of fused-ring (bicyclic) bond motifs is 1. The smallest absolute Gasteiger partial charge is 0.338 e. The first kappa shape index (κ1) is 24.3. The molecule has 1 atom stereocenters. The highest BCUT2D eigenvalue weighted by Gasteiger charge is 2.35. The third-order valence-electron chi connectivity index (χ3n) is 5.65. The van der Waals surface area contributed by atoms with Crippen molar-refractivity contribution >= 4 is 51.7 Å². The van der Waals surface area contributed by atoms with Gasteiger partial charge in [-0.25, -0.2) is 9.79 Å². The molecule has 2 aromatic carbocycles. The van der Waals surface area contributed by atoms with Gasteiger partial charge in [-0.15, -0.1) is 0 Å². The molecule has 9 heteroatoms. The van der Waals surface area contributed by atoms with E-state index in [0.29, 0.717) is 37.7 Å². The van der Waals surface area contributed by atoms with Gasteiger partial charge in [0.2, 0.25) is 0 Å². The van der Waals surface area contributed by atoms with Crippen LogP contribution < -0.4 is 19.6 Å². The fourth-order valence-corrected chi connectivity index (χ4v) is 5.52. The van der Waals surface area contributed by atoms with Crippen molar-refractivity contribution in [2.75, 3.05) is 13.7 Å². The monoisotopic (exact) mass is 612 g/mol. The van der Waals surface area contributed by atoms with Crippen LogP contribution in [0.4, 0.5) is 0 Å². The first-order valence-corrected chi connectivity index (χ1v) is 13.1. The fraction of sp³-hybridized carbons (Fsp3) is 0.148. The molecule has 2 aromatic heterocycles. The van der Waals surface area contributed by atoms with Gasteiger partial charge in [-0.1, -0.05) is 53.8 Å². The average molecular weight is 612 g/mol. The number of ether oxygens (including phenoxy) is 2. The Hall–Kier alpha value is -3.44. The van der Waals surface area contributed by atoms with Crippen LogP contribution in [0, 0.1) is 3.77 Å². The summed E-state index contributed by atoms with van der Waals surface area (Å²) >= 11 is 3.33. The molecule has 0 saturated heterocycles. The minimum Gasteiger partial charge on any atom is -0.497 e. The summed E-state index contributed by atoms with van der Waals surface area (Å²) in [7, 11) is 1.58. The Kier molecular flexibility index (Phi) is 6.92. The van der Waals surface area contributed by atoms with Crippen LogP contribution in [0.15, 0.2) is 86.5 Å². The zero-order valence-corrected chi connectivity index (χ0v) is 22.4. The van der Waals surface area contributed by atoms with E-state index in [1.165, 1.54) is 11.3 Å². The van der Waals surface area contributed by atoms with Gasteiger partial charge in [0, 0.05) is 11.6 Å². The molecule has 0 spiro atoms. The quantitative estimate of drug-likeness (QED) is 0.242. The van der Waals surface area contributed by atoms with Gasteiger partial charge in [0.25, 0.3) is 5.56 Å². The number of methoxy groups -OCH3 is 1. The van der Waals surface area contributed by atoms with Crippen molar-refractivity contribution in [1.82, 2.24) is 4.57 Å². The van der Waals surface area contributed by atoms with Crippen molar-refractivity contribution in [3.05, 3.63) is 113 Å². The number of carbonyl (C=O) groups is 1. The fourth-order valence-electron chi connectivity index (χ4n) is 4.10. The van der Waals surface area contributed by atoms with E-state index in [1.807, 2.05) is 60.7 Å².